The molecule has 0 fully saturated rings. The Balaban J connectivity index is 3.09. The maximum atomic E-state index is 11.7. The van der Waals surface area contributed by atoms with Gasteiger partial charge in [-0.05, 0) is 6.07 Å². The fraction of sp³-hybridized carbons (Fsp3) is 0.125. The summed E-state index contributed by atoms with van der Waals surface area (Å²) in [4.78, 5) is 11.7. The Morgan fingerprint density at radius 2 is 1.93 bits per heavy atom. The van der Waals surface area contributed by atoms with Gasteiger partial charge in [-0.25, -0.2) is 0 Å². The molecule has 0 atom stereocenters. The molecule has 0 aliphatic rings. The summed E-state index contributed by atoms with van der Waals surface area (Å²) in [5.41, 5.74) is -0.232. The molecule has 0 saturated heterocycles. The monoisotopic (exact) mass is 229 g/mol. The van der Waals surface area contributed by atoms with Crippen LogP contribution in [0.25, 0.3) is 10.8 Å². The Bertz CT molecular complexity index is 564. The second-order valence-corrected chi connectivity index (χ2v) is 3.52. The maximum absolute atomic E-state index is 11.7. The summed E-state index contributed by atoms with van der Waals surface area (Å²) in [7, 11) is 1.63. The average Bonchev–Trinajstić information content (AvgIpc) is 2.16. The molecule has 0 bridgehead atoms. The third-order valence-corrected chi connectivity index (χ3v) is 2.47. The molecule has 0 saturated carbocycles. The van der Waals surface area contributed by atoms with Crippen molar-refractivity contribution in [1.29, 1.82) is 0 Å². The zero-order valence-electron chi connectivity index (χ0n) is 7.16. The Hall–Kier alpha value is -1.13. The van der Waals surface area contributed by atoms with E-state index in [9.17, 15) is 4.79 Å². The molecule has 2 rings (SSSR count). The Kier molecular flexibility index (Phi) is 2.17. The zero-order chi connectivity index (χ0) is 10.3. The fourth-order valence-corrected chi connectivity index (χ4v) is 1.61. The van der Waals surface area contributed by atoms with Crippen molar-refractivity contribution < 1.29 is 0 Å². The number of pyridine rings is 1. The highest BCUT2D eigenvalue weighted by Gasteiger charge is 2.10. The van der Waals surface area contributed by atoms with Gasteiger partial charge in [0, 0.05) is 18.6 Å². The highest BCUT2D eigenvalue weighted by Crippen LogP contribution is 2.22. The van der Waals surface area contributed by atoms with Crippen LogP contribution in [0.4, 0.5) is 0 Å². The second kappa shape index (κ2) is 3.22. The Labute approximate surface area is 89.1 Å². The molecule has 0 aromatic carbocycles. The average molecular weight is 230 g/mol. The molecule has 0 aliphatic heterocycles. The fourth-order valence-electron chi connectivity index (χ4n) is 1.19. The summed E-state index contributed by atoms with van der Waals surface area (Å²) in [5, 5.41) is 8.27. The van der Waals surface area contributed by atoms with E-state index in [2.05, 4.69) is 10.2 Å². The van der Waals surface area contributed by atoms with Crippen molar-refractivity contribution >= 4 is 34.0 Å². The van der Waals surface area contributed by atoms with Gasteiger partial charge >= 0.3 is 0 Å². The van der Waals surface area contributed by atoms with E-state index in [1.807, 2.05) is 0 Å². The molecular formula is C8H5Cl2N3O. The maximum Gasteiger partial charge on any atom is 0.261 e. The van der Waals surface area contributed by atoms with E-state index >= 15 is 0 Å². The van der Waals surface area contributed by atoms with Gasteiger partial charge in [0.25, 0.3) is 5.56 Å². The predicted octanol–water partition coefficient (Wildman–Crippen LogP) is 1.64. The van der Waals surface area contributed by atoms with Crippen LogP contribution in [0.2, 0.25) is 10.3 Å². The lowest BCUT2D eigenvalue weighted by molar-refractivity contribution is 0.870. The molecular weight excluding hydrogens is 225 g/mol. The van der Waals surface area contributed by atoms with Crippen LogP contribution in [0.5, 0.6) is 0 Å². The van der Waals surface area contributed by atoms with E-state index in [-0.39, 0.29) is 15.9 Å². The first-order valence-corrected chi connectivity index (χ1v) is 4.54. The van der Waals surface area contributed by atoms with Crippen LogP contribution >= 0.6 is 23.2 Å². The minimum atomic E-state index is -0.232. The molecule has 0 unspecified atom stereocenters. The number of halogens is 2. The third-order valence-electron chi connectivity index (χ3n) is 1.92. The van der Waals surface area contributed by atoms with Gasteiger partial charge in [0.2, 0.25) is 0 Å². The second-order valence-electron chi connectivity index (χ2n) is 2.80. The first-order chi connectivity index (χ1) is 6.61. The Morgan fingerprint density at radius 1 is 1.29 bits per heavy atom. The normalized spacial score (nSPS) is 10.8. The van der Waals surface area contributed by atoms with Crippen LogP contribution in [-0.4, -0.2) is 14.8 Å². The van der Waals surface area contributed by atoms with Crippen molar-refractivity contribution in [2.24, 2.45) is 7.05 Å². The molecule has 0 aliphatic carbocycles. The number of fused-ring (bicyclic) bond motifs is 1. The van der Waals surface area contributed by atoms with Gasteiger partial charge in [-0.15, -0.1) is 10.2 Å². The van der Waals surface area contributed by atoms with Gasteiger partial charge in [0.1, 0.15) is 0 Å². The molecule has 72 valence electrons. The van der Waals surface area contributed by atoms with E-state index in [1.54, 1.807) is 19.3 Å². The van der Waals surface area contributed by atoms with Crippen molar-refractivity contribution in [2.45, 2.75) is 0 Å². The van der Waals surface area contributed by atoms with Crippen molar-refractivity contribution in [2.75, 3.05) is 0 Å². The number of rotatable bonds is 0. The van der Waals surface area contributed by atoms with Gasteiger partial charge in [-0.1, -0.05) is 23.2 Å². The molecule has 4 nitrogen and oxygen atoms in total. The number of nitrogens with zero attached hydrogens (tertiary/aromatic N) is 3. The van der Waals surface area contributed by atoms with Crippen molar-refractivity contribution in [3.63, 3.8) is 0 Å². The number of aromatic nitrogens is 3. The number of aryl methyl sites for hydroxylation is 1. The van der Waals surface area contributed by atoms with Gasteiger partial charge in [0.05, 0.1) is 5.39 Å². The van der Waals surface area contributed by atoms with Gasteiger partial charge in [0.15, 0.2) is 10.3 Å². The van der Waals surface area contributed by atoms with Gasteiger partial charge < -0.3 is 4.57 Å². The van der Waals surface area contributed by atoms with E-state index in [1.165, 1.54) is 4.57 Å². The van der Waals surface area contributed by atoms with Crippen LogP contribution in [0.1, 0.15) is 0 Å². The lowest BCUT2D eigenvalue weighted by atomic mass is 10.2. The lowest BCUT2D eigenvalue weighted by Gasteiger charge is -2.02. The first kappa shape index (κ1) is 9.43. The highest BCUT2D eigenvalue weighted by molar-refractivity contribution is 6.38. The molecule has 0 spiro atoms. The van der Waals surface area contributed by atoms with Crippen LogP contribution in [-0.2, 0) is 7.05 Å². The van der Waals surface area contributed by atoms with Crippen molar-refractivity contribution in [3.05, 3.63) is 32.9 Å². The minimum Gasteiger partial charge on any atom is -0.318 e. The predicted molar refractivity (Wildman–Crippen MR) is 54.8 cm³/mol. The van der Waals surface area contributed by atoms with Crippen LogP contribution in [0.3, 0.4) is 0 Å². The smallest absolute Gasteiger partial charge is 0.261 e. The highest BCUT2D eigenvalue weighted by atomic mass is 35.5. The standard InChI is InChI=1S/C8H5Cl2N3O/c1-13-3-2-4-5(8(13)14)7(10)12-11-6(4)9/h2-3H,1H3. The molecule has 14 heavy (non-hydrogen) atoms. The van der Waals surface area contributed by atoms with Gasteiger partial charge in [-0.3, -0.25) is 4.79 Å². The van der Waals surface area contributed by atoms with Crippen LogP contribution < -0.4 is 5.56 Å². The zero-order valence-corrected chi connectivity index (χ0v) is 8.67. The molecule has 0 N–H and O–H groups in total. The molecule has 2 aromatic rings. The van der Waals surface area contributed by atoms with Gasteiger partial charge in [-0.2, -0.15) is 0 Å². The van der Waals surface area contributed by atoms with E-state index in [0.29, 0.717) is 10.8 Å². The number of hydrogen-bond donors (Lipinski definition) is 0. The summed E-state index contributed by atoms with van der Waals surface area (Å²) in [6.07, 6.45) is 1.61. The Morgan fingerprint density at radius 3 is 2.64 bits per heavy atom. The number of hydrogen-bond acceptors (Lipinski definition) is 3. The summed E-state index contributed by atoms with van der Waals surface area (Å²) in [6.45, 7) is 0. The largest absolute Gasteiger partial charge is 0.318 e. The molecule has 2 heterocycles. The van der Waals surface area contributed by atoms with Crippen LogP contribution in [0.15, 0.2) is 17.1 Å². The van der Waals surface area contributed by atoms with Crippen molar-refractivity contribution in [3.8, 4) is 0 Å². The third kappa shape index (κ3) is 1.27. The van der Waals surface area contributed by atoms with E-state index in [4.69, 9.17) is 23.2 Å². The topological polar surface area (TPSA) is 47.8 Å². The SMILES string of the molecule is Cn1ccc2c(Cl)nnc(Cl)c2c1=O. The van der Waals surface area contributed by atoms with Crippen molar-refractivity contribution in [1.82, 2.24) is 14.8 Å². The summed E-state index contributed by atoms with van der Waals surface area (Å²) in [6, 6.07) is 1.68. The quantitative estimate of drug-likeness (QED) is 0.691. The summed E-state index contributed by atoms with van der Waals surface area (Å²) < 4.78 is 1.41. The lowest BCUT2D eigenvalue weighted by Crippen LogP contribution is -2.16. The molecule has 6 heteroatoms. The first-order valence-electron chi connectivity index (χ1n) is 3.78. The minimum absolute atomic E-state index is 0.0746. The molecule has 2 aromatic heterocycles. The summed E-state index contributed by atoms with van der Waals surface area (Å²) >= 11 is 11.5. The van der Waals surface area contributed by atoms with Crippen LogP contribution in [0, 0.1) is 0 Å². The summed E-state index contributed by atoms with van der Waals surface area (Å²) in [5.74, 6) is 0. The van der Waals surface area contributed by atoms with E-state index in [0.717, 1.165) is 0 Å². The van der Waals surface area contributed by atoms with E-state index < -0.39 is 0 Å². The molecule has 0 amide bonds. The molecule has 0 radical (unpaired) electrons.